The summed E-state index contributed by atoms with van der Waals surface area (Å²) in [6.45, 7) is 1.73. The summed E-state index contributed by atoms with van der Waals surface area (Å²) < 4.78 is 16.5. The van der Waals surface area contributed by atoms with Gasteiger partial charge in [-0.15, -0.1) is 11.8 Å². The predicted molar refractivity (Wildman–Crippen MR) is 73.8 cm³/mol. The molecule has 1 aromatic heterocycles. The third-order valence-corrected chi connectivity index (χ3v) is 4.10. The molecule has 4 nitrogen and oxygen atoms in total. The highest BCUT2D eigenvalue weighted by Crippen LogP contribution is 2.39. The van der Waals surface area contributed by atoms with Gasteiger partial charge in [0.1, 0.15) is 19.0 Å². The number of hydrogen-bond donors (Lipinski definition) is 1. The molecule has 1 aliphatic rings. The first-order chi connectivity index (χ1) is 9.36. The maximum atomic E-state index is 5.81. The summed E-state index contributed by atoms with van der Waals surface area (Å²) in [6.07, 6.45) is 1.67. The zero-order valence-electron chi connectivity index (χ0n) is 10.4. The van der Waals surface area contributed by atoms with Crippen LogP contribution in [0.1, 0.15) is 11.0 Å². The Bertz CT molecular complexity index is 542. The van der Waals surface area contributed by atoms with Crippen molar-refractivity contribution in [2.75, 3.05) is 19.8 Å². The fourth-order valence-corrected chi connectivity index (χ4v) is 2.95. The molecule has 1 atom stereocenters. The lowest BCUT2D eigenvalue weighted by Crippen LogP contribution is -2.15. The van der Waals surface area contributed by atoms with Crippen LogP contribution >= 0.6 is 11.8 Å². The number of hydrogen-bond acceptors (Lipinski definition) is 5. The van der Waals surface area contributed by atoms with E-state index in [2.05, 4.69) is 0 Å². The molecular weight excluding hydrogens is 262 g/mol. The lowest BCUT2D eigenvalue weighted by atomic mass is 10.3. The molecule has 0 radical (unpaired) electrons. The largest absolute Gasteiger partial charge is 0.486 e. The van der Waals surface area contributed by atoms with Gasteiger partial charge in [-0.05, 0) is 30.3 Å². The van der Waals surface area contributed by atoms with Gasteiger partial charge in [-0.1, -0.05) is 0 Å². The summed E-state index contributed by atoms with van der Waals surface area (Å²) in [6, 6.07) is 9.77. The smallest absolute Gasteiger partial charge is 0.162 e. The molecule has 2 N–H and O–H groups in total. The molecule has 1 aromatic carbocycles. The van der Waals surface area contributed by atoms with Crippen LogP contribution in [0, 0.1) is 0 Å². The molecular formula is C14H15NO3S. The van der Waals surface area contributed by atoms with Gasteiger partial charge in [0.05, 0.1) is 11.5 Å². The quantitative estimate of drug-likeness (QED) is 0.871. The van der Waals surface area contributed by atoms with E-state index in [1.165, 1.54) is 0 Å². The monoisotopic (exact) mass is 277 g/mol. The minimum absolute atomic E-state index is 0.109. The van der Waals surface area contributed by atoms with Crippen LogP contribution in [0.2, 0.25) is 0 Å². The molecule has 0 amide bonds. The molecule has 0 aliphatic carbocycles. The van der Waals surface area contributed by atoms with Crippen molar-refractivity contribution in [1.82, 2.24) is 0 Å². The second-order valence-electron chi connectivity index (χ2n) is 4.16. The molecule has 100 valence electrons. The molecule has 5 heteroatoms. The van der Waals surface area contributed by atoms with Crippen LogP contribution in [0.15, 0.2) is 45.9 Å². The first kappa shape index (κ1) is 12.4. The van der Waals surface area contributed by atoms with Crippen LogP contribution in [0.4, 0.5) is 0 Å². The Morgan fingerprint density at radius 1 is 1.16 bits per heavy atom. The SMILES string of the molecule is NCC(Sc1ccc2c(c1)OCCO2)c1ccco1. The standard InChI is InChI=1S/C14H15NO3S/c15-9-14(12-2-1-5-16-12)19-10-3-4-11-13(8-10)18-7-6-17-11/h1-5,8,14H,6-7,9,15H2. The van der Waals surface area contributed by atoms with Crippen molar-refractivity contribution in [3.63, 3.8) is 0 Å². The molecule has 0 spiro atoms. The van der Waals surface area contributed by atoms with Gasteiger partial charge in [0.15, 0.2) is 11.5 Å². The maximum Gasteiger partial charge on any atom is 0.162 e. The minimum atomic E-state index is 0.109. The average molecular weight is 277 g/mol. The molecule has 2 aromatic rings. The first-order valence-electron chi connectivity index (χ1n) is 6.16. The first-order valence-corrected chi connectivity index (χ1v) is 7.04. The van der Waals surface area contributed by atoms with Gasteiger partial charge in [0.25, 0.3) is 0 Å². The second-order valence-corrected chi connectivity index (χ2v) is 5.44. The zero-order valence-corrected chi connectivity index (χ0v) is 11.2. The van der Waals surface area contributed by atoms with E-state index in [0.717, 1.165) is 22.2 Å². The van der Waals surface area contributed by atoms with Gasteiger partial charge in [-0.25, -0.2) is 0 Å². The Morgan fingerprint density at radius 2 is 2.00 bits per heavy atom. The number of furan rings is 1. The Kier molecular flexibility index (Phi) is 3.66. The molecule has 3 rings (SSSR count). The molecule has 1 unspecified atom stereocenters. The minimum Gasteiger partial charge on any atom is -0.486 e. The fourth-order valence-electron chi connectivity index (χ4n) is 1.96. The molecule has 0 saturated carbocycles. The van der Waals surface area contributed by atoms with Crippen molar-refractivity contribution in [1.29, 1.82) is 0 Å². The van der Waals surface area contributed by atoms with Crippen LogP contribution in [0.3, 0.4) is 0 Å². The maximum absolute atomic E-state index is 5.81. The normalized spacial score (nSPS) is 15.2. The molecule has 0 fully saturated rings. The van der Waals surface area contributed by atoms with Crippen molar-refractivity contribution >= 4 is 11.8 Å². The van der Waals surface area contributed by atoms with E-state index in [0.29, 0.717) is 19.8 Å². The van der Waals surface area contributed by atoms with Gasteiger partial charge in [-0.2, -0.15) is 0 Å². The summed E-state index contributed by atoms with van der Waals surface area (Å²) in [5.74, 6) is 2.49. The van der Waals surface area contributed by atoms with Crippen LogP contribution in [0.5, 0.6) is 11.5 Å². The van der Waals surface area contributed by atoms with E-state index in [4.69, 9.17) is 19.6 Å². The van der Waals surface area contributed by atoms with Gasteiger partial charge < -0.3 is 19.6 Å². The number of nitrogens with two attached hydrogens (primary N) is 1. The van der Waals surface area contributed by atoms with E-state index in [1.54, 1.807) is 18.0 Å². The highest BCUT2D eigenvalue weighted by molar-refractivity contribution is 7.99. The molecule has 0 bridgehead atoms. The molecule has 19 heavy (non-hydrogen) atoms. The number of benzene rings is 1. The van der Waals surface area contributed by atoms with Crippen molar-refractivity contribution < 1.29 is 13.9 Å². The van der Waals surface area contributed by atoms with Crippen molar-refractivity contribution in [2.24, 2.45) is 5.73 Å². The third-order valence-electron chi connectivity index (χ3n) is 2.87. The van der Waals surface area contributed by atoms with Gasteiger partial charge >= 0.3 is 0 Å². The van der Waals surface area contributed by atoms with Crippen LogP contribution in [-0.4, -0.2) is 19.8 Å². The third kappa shape index (κ3) is 2.72. The average Bonchev–Trinajstić information content (AvgIpc) is 2.98. The predicted octanol–water partition coefficient (Wildman–Crippen LogP) is 2.84. The molecule has 2 heterocycles. The van der Waals surface area contributed by atoms with Gasteiger partial charge in [0, 0.05) is 11.4 Å². The summed E-state index contributed by atoms with van der Waals surface area (Å²) in [5, 5.41) is 0.109. The number of ether oxygens (including phenoxy) is 2. The Morgan fingerprint density at radius 3 is 2.74 bits per heavy atom. The summed E-state index contributed by atoms with van der Waals surface area (Å²) >= 11 is 1.66. The topological polar surface area (TPSA) is 57.6 Å². The van der Waals surface area contributed by atoms with Crippen molar-refractivity contribution in [3.8, 4) is 11.5 Å². The Hall–Kier alpha value is -1.59. The van der Waals surface area contributed by atoms with Crippen LogP contribution in [0.25, 0.3) is 0 Å². The zero-order chi connectivity index (χ0) is 13.1. The second kappa shape index (κ2) is 5.59. The van der Waals surface area contributed by atoms with E-state index < -0.39 is 0 Å². The lowest BCUT2D eigenvalue weighted by molar-refractivity contribution is 0.171. The van der Waals surface area contributed by atoms with Gasteiger partial charge in [0.2, 0.25) is 0 Å². The van der Waals surface area contributed by atoms with E-state index >= 15 is 0 Å². The Labute approximate surface area is 115 Å². The Balaban J connectivity index is 1.79. The van der Waals surface area contributed by atoms with Crippen molar-refractivity contribution in [2.45, 2.75) is 10.1 Å². The molecule has 1 aliphatic heterocycles. The van der Waals surface area contributed by atoms with E-state index in [-0.39, 0.29) is 5.25 Å². The van der Waals surface area contributed by atoms with Gasteiger partial charge in [-0.3, -0.25) is 0 Å². The van der Waals surface area contributed by atoms with E-state index in [9.17, 15) is 0 Å². The summed E-state index contributed by atoms with van der Waals surface area (Å²) in [7, 11) is 0. The van der Waals surface area contributed by atoms with Crippen LogP contribution in [-0.2, 0) is 0 Å². The molecule has 0 saturated heterocycles. The summed E-state index contributed by atoms with van der Waals surface area (Å²) in [5.41, 5.74) is 5.81. The number of thioether (sulfide) groups is 1. The number of rotatable bonds is 4. The fraction of sp³-hybridized carbons (Fsp3) is 0.286. The highest BCUT2D eigenvalue weighted by atomic mass is 32.2. The van der Waals surface area contributed by atoms with Crippen LogP contribution < -0.4 is 15.2 Å². The summed E-state index contributed by atoms with van der Waals surface area (Å²) in [4.78, 5) is 1.09. The number of fused-ring (bicyclic) bond motifs is 1. The van der Waals surface area contributed by atoms with Crippen molar-refractivity contribution in [3.05, 3.63) is 42.4 Å². The lowest BCUT2D eigenvalue weighted by Gasteiger charge is -2.19. The highest BCUT2D eigenvalue weighted by Gasteiger charge is 2.17. The van der Waals surface area contributed by atoms with E-state index in [1.807, 2.05) is 30.3 Å².